The Labute approximate surface area is 102 Å². The van der Waals surface area contributed by atoms with Gasteiger partial charge >= 0.3 is 12.4 Å². The van der Waals surface area contributed by atoms with Crippen molar-refractivity contribution in [1.29, 1.82) is 0 Å². The Morgan fingerprint density at radius 3 is 2.53 bits per heavy atom. The first-order valence-corrected chi connectivity index (χ1v) is 5.76. The molecule has 0 saturated carbocycles. The van der Waals surface area contributed by atoms with Gasteiger partial charge in [-0.1, -0.05) is 18.2 Å². The summed E-state index contributed by atoms with van der Waals surface area (Å²) >= 11 is 1.39. The number of nitrogens with one attached hydrogen (secondary N) is 1. The van der Waals surface area contributed by atoms with Crippen molar-refractivity contribution in [3.05, 3.63) is 47.8 Å². The molecule has 0 aliphatic heterocycles. The minimum absolute atomic E-state index is 0.483. The number of hydrogen-bond acceptors (Lipinski definition) is 3. The second-order valence-corrected chi connectivity index (χ2v) is 4.12. The molecule has 0 saturated heterocycles. The van der Waals surface area contributed by atoms with Crippen molar-refractivity contribution >= 4 is 34.5 Å². The highest BCUT2D eigenvalue weighted by Crippen LogP contribution is 2.17. The molecule has 5 heteroatoms. The molecule has 0 fully saturated rings. The molecule has 17 heavy (non-hydrogen) atoms. The molecule has 1 heterocycles. The van der Waals surface area contributed by atoms with E-state index in [1.165, 1.54) is 11.3 Å². The largest absolute Gasteiger partial charge is 0.334 e. The van der Waals surface area contributed by atoms with Crippen molar-refractivity contribution in [2.75, 3.05) is 10.2 Å². The quantitative estimate of drug-likeness (QED) is 0.845. The summed E-state index contributed by atoms with van der Waals surface area (Å²) in [5.74, 6) is 0. The second kappa shape index (κ2) is 5.27. The molecule has 0 aliphatic carbocycles. The maximum absolute atomic E-state index is 11.8. The summed E-state index contributed by atoms with van der Waals surface area (Å²) in [6.07, 6.45) is 1.61. The SMILES string of the molecule is O=[C]N(C(=O)Nc1cccs1)c1ccccc1. The van der Waals surface area contributed by atoms with E-state index in [-0.39, 0.29) is 0 Å². The Morgan fingerprint density at radius 1 is 1.18 bits per heavy atom. The number of carbonyl (C=O) groups excluding carboxylic acids is 2. The van der Waals surface area contributed by atoms with Crippen molar-refractivity contribution in [3.8, 4) is 0 Å². The topological polar surface area (TPSA) is 49.4 Å². The number of carbonyl (C=O) groups is 1. The van der Waals surface area contributed by atoms with Crippen LogP contribution in [0.25, 0.3) is 0 Å². The van der Waals surface area contributed by atoms with Crippen molar-refractivity contribution in [1.82, 2.24) is 0 Å². The van der Waals surface area contributed by atoms with Crippen LogP contribution in [0.15, 0.2) is 47.8 Å². The van der Waals surface area contributed by atoms with Gasteiger partial charge in [0.2, 0.25) is 0 Å². The molecule has 85 valence electrons. The maximum Gasteiger partial charge on any atom is 0.334 e. The number of hydrogen-bond donors (Lipinski definition) is 1. The first-order chi connectivity index (χ1) is 8.31. The lowest BCUT2D eigenvalue weighted by Crippen LogP contribution is -2.33. The Kier molecular flexibility index (Phi) is 3.52. The summed E-state index contributed by atoms with van der Waals surface area (Å²) in [5.41, 5.74) is 0.483. The predicted molar refractivity (Wildman–Crippen MR) is 68.0 cm³/mol. The zero-order valence-corrected chi connectivity index (χ0v) is 9.61. The molecule has 0 bridgehead atoms. The summed E-state index contributed by atoms with van der Waals surface area (Å²) in [6.45, 7) is 0. The Balaban J connectivity index is 2.14. The van der Waals surface area contributed by atoms with E-state index >= 15 is 0 Å². The van der Waals surface area contributed by atoms with Crippen LogP contribution in [-0.2, 0) is 4.79 Å². The number of para-hydroxylation sites is 1. The molecule has 1 aromatic heterocycles. The summed E-state index contributed by atoms with van der Waals surface area (Å²) in [5, 5.41) is 5.14. The average molecular weight is 245 g/mol. The van der Waals surface area contributed by atoms with Crippen LogP contribution in [0.3, 0.4) is 0 Å². The van der Waals surface area contributed by atoms with E-state index in [9.17, 15) is 9.59 Å². The summed E-state index contributed by atoms with van der Waals surface area (Å²) in [6, 6.07) is 11.7. The first-order valence-electron chi connectivity index (χ1n) is 4.88. The van der Waals surface area contributed by atoms with Crippen LogP contribution in [0.5, 0.6) is 0 Å². The number of urea groups is 1. The zero-order chi connectivity index (χ0) is 12.1. The monoisotopic (exact) mass is 245 g/mol. The highest BCUT2D eigenvalue weighted by molar-refractivity contribution is 7.14. The van der Waals surface area contributed by atoms with E-state index in [1.807, 2.05) is 17.5 Å². The Hall–Kier alpha value is -2.14. The standard InChI is InChI=1S/C12H9N2O2S/c15-9-14(10-5-2-1-3-6-10)12(16)13-11-7-4-8-17-11/h1-8H,(H,13,16). The number of anilines is 2. The summed E-state index contributed by atoms with van der Waals surface area (Å²) < 4.78 is 0. The molecule has 0 unspecified atom stereocenters. The maximum atomic E-state index is 11.8. The Bertz CT molecular complexity index is 496. The van der Waals surface area contributed by atoms with Crippen LogP contribution in [0.1, 0.15) is 0 Å². The van der Waals surface area contributed by atoms with Crippen molar-refractivity contribution in [2.24, 2.45) is 0 Å². The summed E-state index contributed by atoms with van der Waals surface area (Å²) in [7, 11) is 0. The predicted octanol–water partition coefficient (Wildman–Crippen LogP) is 2.85. The molecule has 2 aromatic rings. The minimum Gasteiger partial charge on any atom is -0.299 e. The van der Waals surface area contributed by atoms with Crippen molar-refractivity contribution < 1.29 is 9.59 Å². The van der Waals surface area contributed by atoms with E-state index in [0.29, 0.717) is 10.7 Å². The van der Waals surface area contributed by atoms with Crippen LogP contribution in [0, 0.1) is 0 Å². The molecule has 1 aromatic carbocycles. The molecule has 0 atom stereocenters. The lowest BCUT2D eigenvalue weighted by Gasteiger charge is -2.14. The Morgan fingerprint density at radius 2 is 1.94 bits per heavy atom. The van der Waals surface area contributed by atoms with Crippen LogP contribution in [0.2, 0.25) is 0 Å². The van der Waals surface area contributed by atoms with Crippen LogP contribution < -0.4 is 10.2 Å². The van der Waals surface area contributed by atoms with Gasteiger partial charge in [0.1, 0.15) is 0 Å². The molecule has 1 N–H and O–H groups in total. The van der Waals surface area contributed by atoms with Gasteiger partial charge in [-0.3, -0.25) is 10.1 Å². The van der Waals surface area contributed by atoms with Crippen molar-refractivity contribution in [2.45, 2.75) is 0 Å². The van der Waals surface area contributed by atoms with Gasteiger partial charge in [0.15, 0.2) is 0 Å². The molecule has 1 radical (unpaired) electrons. The van der Waals surface area contributed by atoms with Gasteiger partial charge in [-0.05, 0) is 29.6 Å². The van der Waals surface area contributed by atoms with Gasteiger partial charge in [-0.15, -0.1) is 11.3 Å². The third-order valence-corrected chi connectivity index (χ3v) is 2.85. The molecule has 3 amide bonds. The van der Waals surface area contributed by atoms with Gasteiger partial charge in [-0.2, -0.15) is 0 Å². The molecule has 2 rings (SSSR count). The highest BCUT2D eigenvalue weighted by atomic mass is 32.1. The first kappa shape index (κ1) is 11.3. The third kappa shape index (κ3) is 2.70. The van der Waals surface area contributed by atoms with E-state index in [1.54, 1.807) is 36.7 Å². The van der Waals surface area contributed by atoms with Gasteiger partial charge in [0.25, 0.3) is 0 Å². The third-order valence-electron chi connectivity index (χ3n) is 2.06. The number of amides is 3. The van der Waals surface area contributed by atoms with Gasteiger partial charge in [0, 0.05) is 0 Å². The van der Waals surface area contributed by atoms with Gasteiger partial charge < -0.3 is 0 Å². The van der Waals surface area contributed by atoms with E-state index in [4.69, 9.17) is 0 Å². The normalized spacial score (nSPS) is 9.65. The number of benzene rings is 1. The molecular weight excluding hydrogens is 236 g/mol. The minimum atomic E-state index is -0.520. The van der Waals surface area contributed by atoms with E-state index in [0.717, 1.165) is 4.90 Å². The number of imide groups is 1. The van der Waals surface area contributed by atoms with Crippen molar-refractivity contribution in [3.63, 3.8) is 0 Å². The van der Waals surface area contributed by atoms with Gasteiger partial charge in [-0.25, -0.2) is 9.69 Å². The highest BCUT2D eigenvalue weighted by Gasteiger charge is 2.15. The van der Waals surface area contributed by atoms with E-state index in [2.05, 4.69) is 5.32 Å². The lowest BCUT2D eigenvalue weighted by molar-refractivity contribution is 0.259. The average Bonchev–Trinajstić information content (AvgIpc) is 2.84. The van der Waals surface area contributed by atoms with E-state index < -0.39 is 6.03 Å². The number of nitrogens with zero attached hydrogens (tertiary/aromatic N) is 1. The number of rotatable bonds is 3. The second-order valence-electron chi connectivity index (χ2n) is 3.17. The fourth-order valence-corrected chi connectivity index (χ4v) is 1.91. The molecular formula is C12H9N2O2S. The smallest absolute Gasteiger partial charge is 0.299 e. The molecule has 4 nitrogen and oxygen atoms in total. The van der Waals surface area contributed by atoms with Crippen LogP contribution in [0.4, 0.5) is 15.5 Å². The molecule has 0 spiro atoms. The summed E-state index contributed by atoms with van der Waals surface area (Å²) in [4.78, 5) is 23.5. The number of thiophene rings is 1. The van der Waals surface area contributed by atoms with Crippen LogP contribution in [-0.4, -0.2) is 12.4 Å². The zero-order valence-electron chi connectivity index (χ0n) is 8.79. The fourth-order valence-electron chi connectivity index (χ4n) is 1.30. The molecule has 0 aliphatic rings. The fraction of sp³-hybridized carbons (Fsp3) is 0. The lowest BCUT2D eigenvalue weighted by atomic mass is 10.3. The van der Waals surface area contributed by atoms with Gasteiger partial charge in [0.05, 0.1) is 10.7 Å². The van der Waals surface area contributed by atoms with Crippen LogP contribution >= 0.6 is 11.3 Å².